The molecule has 0 spiro atoms. The molecule has 86 valence electrons. The standard InChI is InChI=1S/C10H20N2O.HI.H2/c1-4-8-12(5-2)9-6-7-10(13)11-3;;/h6-7H,4-5,8-9H2,1-3H3,(H,11,13);2*1H/b7-6+;;. The van der Waals surface area contributed by atoms with Crippen LogP contribution in [0.3, 0.4) is 0 Å². The third kappa shape index (κ3) is 8.50. The first-order chi connectivity index (χ1) is 6.24. The minimum Gasteiger partial charge on any atom is -0.356 e. The summed E-state index contributed by atoms with van der Waals surface area (Å²) >= 11 is 0. The minimum absolute atomic E-state index is 0. The molecule has 0 saturated carbocycles. The molecule has 0 heterocycles. The zero-order valence-corrected chi connectivity index (χ0v) is 11.6. The van der Waals surface area contributed by atoms with Gasteiger partial charge in [-0.15, -0.1) is 24.0 Å². The van der Waals surface area contributed by atoms with Crippen molar-refractivity contribution in [2.45, 2.75) is 20.3 Å². The van der Waals surface area contributed by atoms with Crippen LogP contribution in [-0.4, -0.2) is 37.5 Å². The first-order valence-corrected chi connectivity index (χ1v) is 4.85. The van der Waals surface area contributed by atoms with Gasteiger partial charge in [0.25, 0.3) is 0 Å². The molecule has 0 rings (SSSR count). The maximum atomic E-state index is 10.8. The zero-order chi connectivity index (χ0) is 10.1. The number of carbonyl (C=O) groups excluding carboxylic acids is 1. The summed E-state index contributed by atoms with van der Waals surface area (Å²) in [5, 5.41) is 2.54. The number of nitrogens with one attached hydrogen (secondary N) is 1. The predicted molar refractivity (Wildman–Crippen MR) is 73.1 cm³/mol. The highest BCUT2D eigenvalue weighted by atomic mass is 127. The molecule has 4 heteroatoms. The van der Waals surface area contributed by atoms with Gasteiger partial charge in [-0.05, 0) is 19.5 Å². The van der Waals surface area contributed by atoms with Crippen molar-refractivity contribution in [1.82, 2.24) is 10.2 Å². The van der Waals surface area contributed by atoms with Crippen molar-refractivity contribution in [1.29, 1.82) is 0 Å². The second-order valence-electron chi connectivity index (χ2n) is 2.91. The summed E-state index contributed by atoms with van der Waals surface area (Å²) < 4.78 is 0. The van der Waals surface area contributed by atoms with Gasteiger partial charge >= 0.3 is 0 Å². The summed E-state index contributed by atoms with van der Waals surface area (Å²) in [6.45, 7) is 7.27. The second kappa shape index (κ2) is 11.0. The summed E-state index contributed by atoms with van der Waals surface area (Å²) in [6.07, 6.45) is 4.64. The van der Waals surface area contributed by atoms with E-state index in [9.17, 15) is 4.79 Å². The highest BCUT2D eigenvalue weighted by Crippen LogP contribution is 1.90. The topological polar surface area (TPSA) is 32.3 Å². The fourth-order valence-electron chi connectivity index (χ4n) is 1.09. The van der Waals surface area contributed by atoms with Gasteiger partial charge in [0, 0.05) is 21.1 Å². The second-order valence-corrected chi connectivity index (χ2v) is 2.91. The molecule has 0 aliphatic rings. The van der Waals surface area contributed by atoms with E-state index in [1.165, 1.54) is 0 Å². The molecule has 3 nitrogen and oxygen atoms in total. The summed E-state index contributed by atoms with van der Waals surface area (Å²) in [5.41, 5.74) is 0. The Morgan fingerprint density at radius 2 is 2.14 bits per heavy atom. The van der Waals surface area contributed by atoms with E-state index >= 15 is 0 Å². The fraction of sp³-hybridized carbons (Fsp3) is 0.700. The van der Waals surface area contributed by atoms with Gasteiger partial charge in [-0.1, -0.05) is 19.9 Å². The van der Waals surface area contributed by atoms with Gasteiger partial charge < -0.3 is 5.32 Å². The number of halogens is 1. The Morgan fingerprint density at radius 3 is 2.57 bits per heavy atom. The van der Waals surface area contributed by atoms with Gasteiger partial charge in [0.1, 0.15) is 0 Å². The predicted octanol–water partition coefficient (Wildman–Crippen LogP) is 1.88. The number of amides is 1. The van der Waals surface area contributed by atoms with Gasteiger partial charge in [-0.2, -0.15) is 0 Å². The molecule has 0 radical (unpaired) electrons. The lowest BCUT2D eigenvalue weighted by molar-refractivity contribution is -0.116. The van der Waals surface area contributed by atoms with E-state index < -0.39 is 0 Å². The summed E-state index contributed by atoms with van der Waals surface area (Å²) in [4.78, 5) is 13.1. The van der Waals surface area contributed by atoms with E-state index in [1.807, 2.05) is 6.08 Å². The smallest absolute Gasteiger partial charge is 0.243 e. The van der Waals surface area contributed by atoms with Crippen LogP contribution in [-0.2, 0) is 4.79 Å². The number of likely N-dealkylation sites (N-methyl/N-ethyl adjacent to an activating group) is 2. The molecule has 0 aliphatic carbocycles. The number of rotatable bonds is 6. The molecule has 0 aromatic heterocycles. The lowest BCUT2D eigenvalue weighted by atomic mass is 10.3. The largest absolute Gasteiger partial charge is 0.356 e. The summed E-state index contributed by atoms with van der Waals surface area (Å²) in [7, 11) is 1.64. The molecule has 1 amide bonds. The van der Waals surface area contributed by atoms with Crippen LogP contribution >= 0.6 is 24.0 Å². The monoisotopic (exact) mass is 314 g/mol. The average molecular weight is 314 g/mol. The Morgan fingerprint density at radius 1 is 1.50 bits per heavy atom. The van der Waals surface area contributed by atoms with Crippen LogP contribution in [0.1, 0.15) is 21.7 Å². The molecule has 0 fully saturated rings. The van der Waals surface area contributed by atoms with E-state index in [1.54, 1.807) is 13.1 Å². The van der Waals surface area contributed by atoms with Crippen molar-refractivity contribution in [2.24, 2.45) is 0 Å². The lowest BCUT2D eigenvalue weighted by Gasteiger charge is -2.16. The first-order valence-electron chi connectivity index (χ1n) is 4.85. The zero-order valence-electron chi connectivity index (χ0n) is 9.25. The van der Waals surface area contributed by atoms with Crippen LogP contribution in [0.5, 0.6) is 0 Å². The van der Waals surface area contributed by atoms with Crippen molar-refractivity contribution < 1.29 is 6.22 Å². The quantitative estimate of drug-likeness (QED) is 0.600. The molecule has 0 aromatic carbocycles. The van der Waals surface area contributed by atoms with E-state index in [0.29, 0.717) is 0 Å². The van der Waals surface area contributed by atoms with E-state index in [-0.39, 0.29) is 31.3 Å². The Hall–Kier alpha value is -0.100. The van der Waals surface area contributed by atoms with Crippen LogP contribution in [0, 0.1) is 0 Å². The molecule has 0 saturated heterocycles. The molecule has 0 unspecified atom stereocenters. The van der Waals surface area contributed by atoms with Crippen LogP contribution < -0.4 is 5.32 Å². The maximum Gasteiger partial charge on any atom is 0.243 e. The van der Waals surface area contributed by atoms with Crippen LogP contribution in [0.4, 0.5) is 0 Å². The molecule has 0 aromatic rings. The van der Waals surface area contributed by atoms with Gasteiger partial charge in [-0.3, -0.25) is 9.69 Å². The van der Waals surface area contributed by atoms with E-state index in [2.05, 4.69) is 24.1 Å². The summed E-state index contributed by atoms with van der Waals surface area (Å²) in [5.74, 6) is -0.0347. The third-order valence-electron chi connectivity index (χ3n) is 1.87. The van der Waals surface area contributed by atoms with Crippen LogP contribution in [0.2, 0.25) is 0 Å². The molecule has 0 bridgehead atoms. The molecule has 0 aliphatic heterocycles. The Balaban J connectivity index is -0.000000720. The highest BCUT2D eigenvalue weighted by Gasteiger charge is 1.96. The van der Waals surface area contributed by atoms with Crippen molar-refractivity contribution in [3.8, 4) is 0 Å². The maximum absolute atomic E-state index is 10.8. The average Bonchev–Trinajstić information content (AvgIpc) is 2.16. The Kier molecular flexibility index (Phi) is 12.8. The molecular formula is C10H23IN2O. The van der Waals surface area contributed by atoms with Crippen molar-refractivity contribution in [3.63, 3.8) is 0 Å². The van der Waals surface area contributed by atoms with Crippen LogP contribution in [0.25, 0.3) is 0 Å². The number of hydrogen-bond donors (Lipinski definition) is 1. The SMILES string of the molecule is CCCN(CC)C/C=C/C(=O)NC.I.[HH]. The van der Waals surface area contributed by atoms with Gasteiger partial charge in [0.15, 0.2) is 0 Å². The third-order valence-corrected chi connectivity index (χ3v) is 1.87. The molecule has 14 heavy (non-hydrogen) atoms. The number of hydrogen-bond acceptors (Lipinski definition) is 2. The Bertz CT molecular complexity index is 177. The highest BCUT2D eigenvalue weighted by molar-refractivity contribution is 14.0. The summed E-state index contributed by atoms with van der Waals surface area (Å²) in [6, 6.07) is 0. The van der Waals surface area contributed by atoms with Crippen molar-refractivity contribution in [2.75, 3.05) is 26.7 Å². The number of nitrogens with zero attached hydrogens (tertiary/aromatic N) is 1. The first kappa shape index (κ1) is 16.3. The van der Waals surface area contributed by atoms with E-state index in [4.69, 9.17) is 0 Å². The Labute approximate surface area is 105 Å². The normalized spacial score (nSPS) is 10.3. The molecule has 0 atom stereocenters. The van der Waals surface area contributed by atoms with Crippen LogP contribution in [0.15, 0.2) is 12.2 Å². The molecular weight excluding hydrogens is 291 g/mol. The molecule has 1 N–H and O–H groups in total. The van der Waals surface area contributed by atoms with E-state index in [0.717, 1.165) is 26.1 Å². The van der Waals surface area contributed by atoms with Gasteiger partial charge in [0.2, 0.25) is 5.91 Å². The van der Waals surface area contributed by atoms with Gasteiger partial charge in [0.05, 0.1) is 0 Å². The number of carbonyl (C=O) groups is 1. The van der Waals surface area contributed by atoms with Gasteiger partial charge in [-0.25, -0.2) is 0 Å². The fourth-order valence-corrected chi connectivity index (χ4v) is 1.09. The van der Waals surface area contributed by atoms with Crippen molar-refractivity contribution >= 4 is 29.9 Å². The lowest BCUT2D eigenvalue weighted by Crippen LogP contribution is -2.24. The van der Waals surface area contributed by atoms with Crippen molar-refractivity contribution in [3.05, 3.63) is 12.2 Å². The minimum atomic E-state index is -0.0347.